The quantitative estimate of drug-likeness (QED) is 0.104. The Balaban J connectivity index is 1.30. The molecule has 1 atom stereocenters. The van der Waals surface area contributed by atoms with E-state index in [-0.39, 0.29) is 22.9 Å². The topological polar surface area (TPSA) is 123 Å². The first-order chi connectivity index (χ1) is 23.6. The Hall–Kier alpha value is -5.81. The summed E-state index contributed by atoms with van der Waals surface area (Å²) in [4.78, 5) is 53.9. The molecule has 0 saturated heterocycles. The van der Waals surface area contributed by atoms with E-state index < -0.39 is 17.1 Å². The largest absolute Gasteiger partial charge is 0.494 e. The molecule has 4 aromatic carbocycles. The van der Waals surface area contributed by atoms with Crippen LogP contribution in [0.2, 0.25) is 0 Å². The number of nitrogens with one attached hydrogen (secondary N) is 3. The summed E-state index contributed by atoms with van der Waals surface area (Å²) in [6.45, 7) is 5.95. The molecule has 1 heterocycles. The molecule has 0 radical (unpaired) electrons. The van der Waals surface area contributed by atoms with E-state index in [0.29, 0.717) is 40.6 Å². The minimum atomic E-state index is -0.574. The van der Waals surface area contributed by atoms with E-state index in [4.69, 9.17) is 4.74 Å². The lowest BCUT2D eigenvalue weighted by Gasteiger charge is -2.14. The SMILES string of the molecule is CCOc1ccc(/C=C(/NC(=O)c2ccccc2)C(=O)Nc2cccc(SC(C)C(=O)Nc3c(C)n(C)n(-c4ccccc4)c3=O)c2)cc1. The number of carbonyl (C=O) groups is 3. The second kappa shape index (κ2) is 15.9. The third kappa shape index (κ3) is 8.57. The van der Waals surface area contributed by atoms with Crippen LogP contribution < -0.4 is 26.2 Å². The summed E-state index contributed by atoms with van der Waals surface area (Å²) in [6.07, 6.45) is 1.59. The van der Waals surface area contributed by atoms with Gasteiger partial charge in [0.2, 0.25) is 5.91 Å². The van der Waals surface area contributed by atoms with Crippen molar-refractivity contribution in [1.29, 1.82) is 0 Å². The molecule has 0 aliphatic carbocycles. The predicted molar refractivity (Wildman–Crippen MR) is 194 cm³/mol. The molecule has 1 aromatic heterocycles. The summed E-state index contributed by atoms with van der Waals surface area (Å²) in [6, 6.07) is 32.1. The predicted octanol–water partition coefficient (Wildman–Crippen LogP) is 6.41. The number of amides is 3. The maximum Gasteiger partial charge on any atom is 0.295 e. The molecule has 0 bridgehead atoms. The Kier molecular flexibility index (Phi) is 11.2. The molecule has 49 heavy (non-hydrogen) atoms. The maximum absolute atomic E-state index is 13.6. The third-order valence-corrected chi connectivity index (χ3v) is 8.70. The Labute approximate surface area is 288 Å². The molecular formula is C38H37N5O5S. The monoisotopic (exact) mass is 675 g/mol. The van der Waals surface area contributed by atoms with Gasteiger partial charge in [-0.2, -0.15) is 0 Å². The summed E-state index contributed by atoms with van der Waals surface area (Å²) in [7, 11) is 1.77. The van der Waals surface area contributed by atoms with E-state index in [9.17, 15) is 19.2 Å². The Morgan fingerprint density at radius 3 is 2.22 bits per heavy atom. The highest BCUT2D eigenvalue weighted by Gasteiger charge is 2.22. The summed E-state index contributed by atoms with van der Waals surface area (Å²) in [5.41, 5.74) is 2.82. The lowest BCUT2D eigenvalue weighted by atomic mass is 10.1. The van der Waals surface area contributed by atoms with Crippen molar-refractivity contribution in [2.24, 2.45) is 7.05 Å². The van der Waals surface area contributed by atoms with Gasteiger partial charge in [-0.05, 0) is 87.0 Å². The fraction of sp³-hybridized carbons (Fsp3) is 0.158. The summed E-state index contributed by atoms with van der Waals surface area (Å²) in [5, 5.41) is 7.85. The van der Waals surface area contributed by atoms with Gasteiger partial charge in [0.25, 0.3) is 17.4 Å². The van der Waals surface area contributed by atoms with Gasteiger partial charge in [-0.3, -0.25) is 23.9 Å². The lowest BCUT2D eigenvalue weighted by Crippen LogP contribution is -2.30. The van der Waals surface area contributed by atoms with E-state index in [2.05, 4.69) is 16.0 Å². The second-order valence-electron chi connectivity index (χ2n) is 11.0. The average molecular weight is 676 g/mol. The van der Waals surface area contributed by atoms with Crippen LogP contribution in [0, 0.1) is 6.92 Å². The van der Waals surface area contributed by atoms with E-state index in [1.807, 2.05) is 43.3 Å². The summed E-state index contributed by atoms with van der Waals surface area (Å²) < 4.78 is 8.73. The Morgan fingerprint density at radius 2 is 1.55 bits per heavy atom. The van der Waals surface area contributed by atoms with Crippen molar-refractivity contribution in [2.45, 2.75) is 30.9 Å². The summed E-state index contributed by atoms with van der Waals surface area (Å²) in [5.74, 6) is -0.601. The average Bonchev–Trinajstić information content (AvgIpc) is 3.32. The number of anilines is 2. The van der Waals surface area contributed by atoms with Crippen LogP contribution in [0.25, 0.3) is 11.8 Å². The van der Waals surface area contributed by atoms with Crippen molar-refractivity contribution in [1.82, 2.24) is 14.7 Å². The number of benzene rings is 4. The molecule has 250 valence electrons. The van der Waals surface area contributed by atoms with Crippen LogP contribution >= 0.6 is 11.8 Å². The van der Waals surface area contributed by atoms with Crippen molar-refractivity contribution >= 4 is 46.9 Å². The highest BCUT2D eigenvalue weighted by molar-refractivity contribution is 8.00. The highest BCUT2D eigenvalue weighted by atomic mass is 32.2. The molecule has 1 unspecified atom stereocenters. The molecular weight excluding hydrogens is 639 g/mol. The zero-order valence-electron chi connectivity index (χ0n) is 27.6. The van der Waals surface area contributed by atoms with E-state index >= 15 is 0 Å². The molecule has 10 nitrogen and oxygen atoms in total. The standard InChI is InChI=1S/C38H37N5O5S/c1-5-48-31-21-19-27(20-22-31)23-33(40-36(45)28-13-8-6-9-14-28)37(46)39-29-15-12-18-32(24-29)49-26(3)35(44)41-34-25(2)42(4)43(38(34)47)30-16-10-7-11-17-30/h6-24,26H,5H2,1-4H3,(H,39,46)(H,40,45)(H,41,44)/b33-23+. The Bertz CT molecular complexity index is 2040. The van der Waals surface area contributed by atoms with E-state index in [1.165, 1.54) is 16.4 Å². The van der Waals surface area contributed by atoms with E-state index in [0.717, 1.165) is 4.90 Å². The van der Waals surface area contributed by atoms with Crippen LogP contribution in [-0.4, -0.2) is 38.9 Å². The number of nitrogens with zero attached hydrogens (tertiary/aromatic N) is 2. The first kappa shape index (κ1) is 34.5. The number of thioether (sulfide) groups is 1. The second-order valence-corrected chi connectivity index (χ2v) is 12.5. The van der Waals surface area contributed by atoms with Crippen molar-refractivity contribution in [3.63, 3.8) is 0 Å². The molecule has 5 rings (SSSR count). The third-order valence-electron chi connectivity index (χ3n) is 7.61. The van der Waals surface area contributed by atoms with Crippen LogP contribution in [0.1, 0.15) is 35.5 Å². The molecule has 0 aliphatic heterocycles. The van der Waals surface area contributed by atoms with Gasteiger partial charge < -0.3 is 20.7 Å². The van der Waals surface area contributed by atoms with Gasteiger partial charge in [0.1, 0.15) is 17.1 Å². The molecule has 5 aromatic rings. The van der Waals surface area contributed by atoms with Gasteiger partial charge in [-0.15, -0.1) is 11.8 Å². The minimum Gasteiger partial charge on any atom is -0.494 e. The molecule has 3 amide bonds. The number of carbonyl (C=O) groups excluding carboxylic acids is 3. The molecule has 3 N–H and O–H groups in total. The number of rotatable bonds is 12. The van der Waals surface area contributed by atoms with Gasteiger partial charge in [0, 0.05) is 23.2 Å². The van der Waals surface area contributed by atoms with Crippen LogP contribution in [0.5, 0.6) is 5.75 Å². The zero-order valence-corrected chi connectivity index (χ0v) is 28.4. The van der Waals surface area contributed by atoms with Crippen LogP contribution in [0.3, 0.4) is 0 Å². The van der Waals surface area contributed by atoms with E-state index in [1.54, 1.807) is 104 Å². The summed E-state index contributed by atoms with van der Waals surface area (Å²) >= 11 is 1.28. The van der Waals surface area contributed by atoms with Gasteiger partial charge in [0.15, 0.2) is 0 Å². The highest BCUT2D eigenvalue weighted by Crippen LogP contribution is 2.27. The molecule has 11 heteroatoms. The molecule has 0 fully saturated rings. The smallest absolute Gasteiger partial charge is 0.295 e. The van der Waals surface area contributed by atoms with Gasteiger partial charge >= 0.3 is 0 Å². The number of aromatic nitrogens is 2. The van der Waals surface area contributed by atoms with Gasteiger partial charge in [-0.25, -0.2) is 4.68 Å². The first-order valence-electron chi connectivity index (χ1n) is 15.7. The maximum atomic E-state index is 13.6. The normalized spacial score (nSPS) is 11.8. The zero-order chi connectivity index (χ0) is 34.9. The molecule has 0 aliphatic rings. The fourth-order valence-corrected chi connectivity index (χ4v) is 5.90. The number of hydrogen-bond acceptors (Lipinski definition) is 6. The van der Waals surface area contributed by atoms with Crippen molar-refractivity contribution in [3.05, 3.63) is 142 Å². The van der Waals surface area contributed by atoms with Gasteiger partial charge in [0.05, 0.1) is 23.2 Å². The number of hydrogen-bond donors (Lipinski definition) is 3. The first-order valence-corrected chi connectivity index (χ1v) is 16.6. The number of para-hydroxylation sites is 1. The minimum absolute atomic E-state index is 0.0446. The molecule has 0 spiro atoms. The van der Waals surface area contributed by atoms with Crippen molar-refractivity contribution in [3.8, 4) is 11.4 Å². The van der Waals surface area contributed by atoms with Crippen molar-refractivity contribution in [2.75, 3.05) is 17.2 Å². The number of ether oxygens (including phenoxy) is 1. The van der Waals surface area contributed by atoms with Crippen LogP contribution in [0.4, 0.5) is 11.4 Å². The fourth-order valence-electron chi connectivity index (χ4n) is 4.98. The molecule has 0 saturated carbocycles. The lowest BCUT2D eigenvalue weighted by molar-refractivity contribution is -0.115. The Morgan fingerprint density at radius 1 is 0.878 bits per heavy atom. The van der Waals surface area contributed by atoms with Crippen LogP contribution in [0.15, 0.2) is 125 Å². The van der Waals surface area contributed by atoms with Crippen LogP contribution in [-0.2, 0) is 16.6 Å². The van der Waals surface area contributed by atoms with Gasteiger partial charge in [-0.1, -0.05) is 54.6 Å². The van der Waals surface area contributed by atoms with Crippen molar-refractivity contribution < 1.29 is 19.1 Å².